The van der Waals surface area contributed by atoms with Gasteiger partial charge in [0, 0.05) is 18.9 Å². The minimum Gasteiger partial charge on any atom is -0.425 e. The van der Waals surface area contributed by atoms with Gasteiger partial charge in [0.05, 0.1) is 0 Å². The van der Waals surface area contributed by atoms with E-state index in [4.69, 9.17) is 4.42 Å². The molecule has 4 heteroatoms. The Labute approximate surface area is 119 Å². The zero-order valence-corrected chi connectivity index (χ0v) is 11.9. The molecule has 0 saturated carbocycles. The van der Waals surface area contributed by atoms with Crippen molar-refractivity contribution in [3.05, 3.63) is 47.2 Å². The van der Waals surface area contributed by atoms with Gasteiger partial charge in [-0.25, -0.2) is 0 Å². The van der Waals surface area contributed by atoms with Gasteiger partial charge in [-0.2, -0.15) is 0 Å². The molecule has 4 nitrogen and oxygen atoms in total. The molecule has 20 heavy (non-hydrogen) atoms. The zero-order valence-electron chi connectivity index (χ0n) is 11.9. The van der Waals surface area contributed by atoms with Crippen LogP contribution in [0.2, 0.25) is 0 Å². The minimum atomic E-state index is 0.380. The van der Waals surface area contributed by atoms with E-state index in [1.54, 1.807) is 0 Å². The van der Waals surface area contributed by atoms with E-state index < -0.39 is 0 Å². The summed E-state index contributed by atoms with van der Waals surface area (Å²) in [4.78, 5) is 0. The van der Waals surface area contributed by atoms with Crippen LogP contribution >= 0.6 is 0 Å². The first-order chi connectivity index (χ1) is 9.86. The maximum absolute atomic E-state index is 5.82. The number of likely N-dealkylation sites (N-methyl/N-ethyl adjacent to an activating group) is 1. The molecule has 106 valence electrons. The third-order valence-electron chi connectivity index (χ3n) is 3.94. The van der Waals surface area contributed by atoms with Crippen LogP contribution < -0.4 is 5.32 Å². The molecule has 1 atom stereocenters. The molecule has 1 aromatic carbocycles. The van der Waals surface area contributed by atoms with Crippen LogP contribution in [0.4, 0.5) is 0 Å². The summed E-state index contributed by atoms with van der Waals surface area (Å²) in [5, 5.41) is 11.7. The van der Waals surface area contributed by atoms with Crippen LogP contribution in [0.15, 0.2) is 28.7 Å². The van der Waals surface area contributed by atoms with E-state index in [1.165, 1.54) is 11.1 Å². The standard InChI is InChI=1S/C16H21N3O/c1-2-17-10-9-15-18-19-16(20-15)14-8-7-12-5-3-4-6-13(12)11-14/h3-6,14,17H,2,7-11H2,1H3. The number of aryl methyl sites for hydroxylation is 1. The van der Waals surface area contributed by atoms with Crippen molar-refractivity contribution in [1.29, 1.82) is 0 Å². The van der Waals surface area contributed by atoms with Crippen LogP contribution in [0.5, 0.6) is 0 Å². The Kier molecular flexibility index (Phi) is 4.11. The molecule has 1 aliphatic rings. The molecular formula is C16H21N3O. The molecular weight excluding hydrogens is 250 g/mol. The number of hydrogen-bond donors (Lipinski definition) is 1. The molecule has 3 rings (SSSR count). The highest BCUT2D eigenvalue weighted by Gasteiger charge is 2.24. The van der Waals surface area contributed by atoms with Gasteiger partial charge in [0.1, 0.15) is 0 Å². The third-order valence-corrected chi connectivity index (χ3v) is 3.94. The molecule has 1 unspecified atom stereocenters. The summed E-state index contributed by atoms with van der Waals surface area (Å²) in [5.74, 6) is 1.94. The van der Waals surface area contributed by atoms with E-state index in [2.05, 4.69) is 46.7 Å². The molecule has 0 radical (unpaired) electrons. The van der Waals surface area contributed by atoms with Crippen molar-refractivity contribution in [1.82, 2.24) is 15.5 Å². The van der Waals surface area contributed by atoms with Gasteiger partial charge in [0.15, 0.2) is 0 Å². The summed E-state index contributed by atoms with van der Waals surface area (Å²) in [7, 11) is 0. The van der Waals surface area contributed by atoms with Crippen molar-refractivity contribution in [2.45, 2.75) is 38.5 Å². The van der Waals surface area contributed by atoms with Gasteiger partial charge in [0.2, 0.25) is 11.8 Å². The Bertz CT molecular complexity index is 564. The zero-order chi connectivity index (χ0) is 13.8. The Morgan fingerprint density at radius 2 is 2.10 bits per heavy atom. The summed E-state index contributed by atoms with van der Waals surface area (Å²) in [5.41, 5.74) is 2.90. The SMILES string of the molecule is CCNCCc1nnc(C2CCc3ccccc3C2)o1. The lowest BCUT2D eigenvalue weighted by Crippen LogP contribution is -2.16. The fourth-order valence-corrected chi connectivity index (χ4v) is 2.81. The number of fused-ring (bicyclic) bond motifs is 1. The monoisotopic (exact) mass is 271 g/mol. The van der Waals surface area contributed by atoms with E-state index in [-0.39, 0.29) is 0 Å². The van der Waals surface area contributed by atoms with Gasteiger partial charge in [-0.15, -0.1) is 10.2 Å². The Hall–Kier alpha value is -1.68. The number of hydrogen-bond acceptors (Lipinski definition) is 4. The smallest absolute Gasteiger partial charge is 0.219 e. The van der Waals surface area contributed by atoms with E-state index in [0.717, 1.165) is 50.6 Å². The lowest BCUT2D eigenvalue weighted by molar-refractivity contribution is 0.393. The largest absolute Gasteiger partial charge is 0.425 e. The van der Waals surface area contributed by atoms with Gasteiger partial charge < -0.3 is 9.73 Å². The van der Waals surface area contributed by atoms with E-state index >= 15 is 0 Å². The summed E-state index contributed by atoms with van der Waals surface area (Å²) in [6.45, 7) is 3.96. The molecule has 1 aromatic heterocycles. The van der Waals surface area contributed by atoms with Crippen LogP contribution in [-0.2, 0) is 19.3 Å². The first kappa shape index (κ1) is 13.3. The van der Waals surface area contributed by atoms with Crippen molar-refractivity contribution in [3.8, 4) is 0 Å². The van der Waals surface area contributed by atoms with Crippen LogP contribution in [0.3, 0.4) is 0 Å². The predicted octanol–water partition coefficient (Wildman–Crippen LogP) is 2.49. The number of nitrogens with one attached hydrogen (secondary N) is 1. The topological polar surface area (TPSA) is 51.0 Å². The summed E-state index contributed by atoms with van der Waals surface area (Å²) in [6, 6.07) is 8.66. The predicted molar refractivity (Wildman–Crippen MR) is 77.8 cm³/mol. The van der Waals surface area contributed by atoms with E-state index in [1.807, 2.05) is 0 Å². The Morgan fingerprint density at radius 3 is 2.95 bits per heavy atom. The van der Waals surface area contributed by atoms with Gasteiger partial charge in [0.25, 0.3) is 0 Å². The van der Waals surface area contributed by atoms with Crippen LogP contribution in [0, 0.1) is 0 Å². The number of nitrogens with zero attached hydrogens (tertiary/aromatic N) is 2. The quantitative estimate of drug-likeness (QED) is 0.849. The first-order valence-corrected chi connectivity index (χ1v) is 7.46. The Morgan fingerprint density at radius 1 is 1.25 bits per heavy atom. The second-order valence-electron chi connectivity index (χ2n) is 5.35. The second-order valence-corrected chi connectivity index (χ2v) is 5.35. The Balaban J connectivity index is 1.66. The van der Waals surface area contributed by atoms with Crippen LogP contribution in [0.1, 0.15) is 42.2 Å². The molecule has 0 fully saturated rings. The van der Waals surface area contributed by atoms with Gasteiger partial charge >= 0.3 is 0 Å². The molecule has 1 aliphatic carbocycles. The molecule has 0 bridgehead atoms. The fraction of sp³-hybridized carbons (Fsp3) is 0.500. The molecule has 0 spiro atoms. The molecule has 1 heterocycles. The van der Waals surface area contributed by atoms with E-state index in [9.17, 15) is 0 Å². The normalized spacial score (nSPS) is 17.9. The molecule has 0 amide bonds. The average Bonchev–Trinajstić information content (AvgIpc) is 2.96. The van der Waals surface area contributed by atoms with Crippen molar-refractivity contribution < 1.29 is 4.42 Å². The second kappa shape index (κ2) is 6.18. The van der Waals surface area contributed by atoms with Crippen molar-refractivity contribution in [3.63, 3.8) is 0 Å². The molecule has 1 N–H and O–H groups in total. The number of rotatable bonds is 5. The molecule has 0 saturated heterocycles. The molecule has 2 aromatic rings. The van der Waals surface area contributed by atoms with Crippen molar-refractivity contribution in [2.75, 3.05) is 13.1 Å². The summed E-state index contributed by atoms with van der Waals surface area (Å²) >= 11 is 0. The van der Waals surface area contributed by atoms with Gasteiger partial charge in [-0.1, -0.05) is 31.2 Å². The van der Waals surface area contributed by atoms with Crippen LogP contribution in [-0.4, -0.2) is 23.3 Å². The maximum atomic E-state index is 5.82. The first-order valence-electron chi connectivity index (χ1n) is 7.46. The van der Waals surface area contributed by atoms with Crippen molar-refractivity contribution >= 4 is 0 Å². The fourth-order valence-electron chi connectivity index (χ4n) is 2.81. The highest BCUT2D eigenvalue weighted by Crippen LogP contribution is 2.31. The van der Waals surface area contributed by atoms with Crippen molar-refractivity contribution in [2.24, 2.45) is 0 Å². The molecule has 0 aliphatic heterocycles. The number of benzene rings is 1. The van der Waals surface area contributed by atoms with Gasteiger partial charge in [-0.3, -0.25) is 0 Å². The highest BCUT2D eigenvalue weighted by molar-refractivity contribution is 5.31. The third kappa shape index (κ3) is 2.90. The number of aromatic nitrogens is 2. The lowest BCUT2D eigenvalue weighted by atomic mass is 9.84. The summed E-state index contributed by atoms with van der Waals surface area (Å²) in [6.07, 6.45) is 4.04. The van der Waals surface area contributed by atoms with E-state index in [0.29, 0.717) is 5.92 Å². The highest BCUT2D eigenvalue weighted by atomic mass is 16.4. The summed E-state index contributed by atoms with van der Waals surface area (Å²) < 4.78 is 5.82. The minimum absolute atomic E-state index is 0.380. The van der Waals surface area contributed by atoms with Crippen LogP contribution in [0.25, 0.3) is 0 Å². The lowest BCUT2D eigenvalue weighted by Gasteiger charge is -2.21. The van der Waals surface area contributed by atoms with Gasteiger partial charge in [-0.05, 0) is 36.9 Å². The average molecular weight is 271 g/mol. The maximum Gasteiger partial charge on any atom is 0.219 e.